The topological polar surface area (TPSA) is 58.2 Å². The molecule has 2 amide bonds. The first-order valence-corrected chi connectivity index (χ1v) is 14.2. The fourth-order valence-electron chi connectivity index (χ4n) is 4.19. The van der Waals surface area contributed by atoms with Gasteiger partial charge in [0.25, 0.3) is 0 Å². The molecule has 0 heterocycles. The normalized spacial score (nSPS) is 12.0. The molecule has 0 aliphatic carbocycles. The van der Waals surface area contributed by atoms with Crippen LogP contribution in [0.25, 0.3) is 0 Å². The van der Waals surface area contributed by atoms with Crippen molar-refractivity contribution in [3.05, 3.63) is 0 Å². The van der Waals surface area contributed by atoms with Crippen molar-refractivity contribution in [1.82, 2.24) is 10.6 Å². The van der Waals surface area contributed by atoms with Crippen LogP contribution in [0.5, 0.6) is 0 Å². The Labute approximate surface area is 200 Å². The first-order chi connectivity index (χ1) is 15.7. The zero-order valence-electron chi connectivity index (χ0n) is 22.0. The zero-order valence-corrected chi connectivity index (χ0v) is 22.0. The Kier molecular flexibility index (Phi) is 23.8. The summed E-state index contributed by atoms with van der Waals surface area (Å²) in [5.74, 6) is -0.0517. The third-order valence-electron chi connectivity index (χ3n) is 6.39. The Bertz CT molecular complexity index is 426. The second-order valence-electron chi connectivity index (χ2n) is 9.63. The molecule has 190 valence electrons. The van der Waals surface area contributed by atoms with Gasteiger partial charge >= 0.3 is 0 Å². The Morgan fingerprint density at radius 1 is 0.531 bits per heavy atom. The minimum absolute atomic E-state index is 0.0414. The molecule has 0 aliphatic heterocycles. The predicted octanol–water partition coefficient (Wildman–Crippen LogP) is 7.70. The van der Waals surface area contributed by atoms with Crippen molar-refractivity contribution in [2.45, 2.75) is 149 Å². The number of amides is 2. The molecule has 32 heavy (non-hydrogen) atoms. The highest BCUT2D eigenvalue weighted by Gasteiger charge is 2.21. The fourth-order valence-corrected chi connectivity index (χ4v) is 4.19. The van der Waals surface area contributed by atoms with E-state index >= 15 is 0 Å². The lowest BCUT2D eigenvalue weighted by Crippen LogP contribution is -2.35. The molecule has 0 aromatic rings. The van der Waals surface area contributed by atoms with Crippen molar-refractivity contribution >= 4 is 11.8 Å². The lowest BCUT2D eigenvalue weighted by molar-refractivity contribution is -0.130. The van der Waals surface area contributed by atoms with E-state index in [2.05, 4.69) is 31.4 Å². The summed E-state index contributed by atoms with van der Waals surface area (Å²) in [4.78, 5) is 25.1. The average molecular weight is 453 g/mol. The Balaban J connectivity index is 4.17. The van der Waals surface area contributed by atoms with Gasteiger partial charge in [0.1, 0.15) is 0 Å². The first kappa shape index (κ1) is 30.9. The van der Waals surface area contributed by atoms with E-state index in [9.17, 15) is 9.59 Å². The maximum Gasteiger partial charge on any atom is 0.223 e. The van der Waals surface area contributed by atoms with E-state index in [1.807, 2.05) is 0 Å². The molecule has 0 saturated carbocycles. The largest absolute Gasteiger partial charge is 0.356 e. The van der Waals surface area contributed by atoms with Crippen LogP contribution in [-0.4, -0.2) is 24.9 Å². The second kappa shape index (κ2) is 24.6. The average Bonchev–Trinajstić information content (AvgIpc) is 2.79. The standard InChI is InChI=1S/C28H56N2O2/c1-4-7-10-13-14-15-16-17-18-19-22-26(28(32)30-24-21-12-9-6-3)25-27(31)29-23-20-11-8-5-2/h26H,4-25H2,1-3H3,(H,29,31)(H,30,32). The summed E-state index contributed by atoms with van der Waals surface area (Å²) < 4.78 is 0. The molecule has 1 unspecified atom stereocenters. The molecular weight excluding hydrogens is 396 g/mol. The van der Waals surface area contributed by atoms with Crippen LogP contribution in [0.15, 0.2) is 0 Å². The van der Waals surface area contributed by atoms with Crippen LogP contribution in [0.3, 0.4) is 0 Å². The summed E-state index contributed by atoms with van der Waals surface area (Å²) in [6.07, 6.45) is 23.3. The molecule has 0 fully saturated rings. The van der Waals surface area contributed by atoms with Crippen LogP contribution in [0, 0.1) is 5.92 Å². The monoisotopic (exact) mass is 452 g/mol. The smallest absolute Gasteiger partial charge is 0.223 e. The lowest BCUT2D eigenvalue weighted by Gasteiger charge is -2.17. The van der Waals surface area contributed by atoms with Gasteiger partial charge in [0.15, 0.2) is 0 Å². The highest BCUT2D eigenvalue weighted by atomic mass is 16.2. The van der Waals surface area contributed by atoms with E-state index in [1.165, 1.54) is 83.5 Å². The quantitative estimate of drug-likeness (QED) is 0.147. The van der Waals surface area contributed by atoms with Gasteiger partial charge in [-0.05, 0) is 19.3 Å². The van der Waals surface area contributed by atoms with Crippen LogP contribution < -0.4 is 10.6 Å². The lowest BCUT2D eigenvalue weighted by atomic mass is 9.95. The molecule has 2 N–H and O–H groups in total. The van der Waals surface area contributed by atoms with Gasteiger partial charge in [0.2, 0.25) is 11.8 Å². The SMILES string of the molecule is CCCCCCCCCCCCC(CC(=O)NCCCCCC)C(=O)NCCCCCC. The van der Waals surface area contributed by atoms with E-state index in [0.717, 1.165) is 51.6 Å². The van der Waals surface area contributed by atoms with Crippen molar-refractivity contribution in [2.75, 3.05) is 13.1 Å². The van der Waals surface area contributed by atoms with E-state index in [4.69, 9.17) is 0 Å². The van der Waals surface area contributed by atoms with Gasteiger partial charge in [0.05, 0.1) is 0 Å². The minimum atomic E-state index is -0.175. The van der Waals surface area contributed by atoms with Crippen LogP contribution in [0.1, 0.15) is 149 Å². The van der Waals surface area contributed by atoms with Gasteiger partial charge in [0, 0.05) is 25.4 Å². The summed E-state index contributed by atoms with van der Waals surface area (Å²) in [5, 5.41) is 6.13. The predicted molar refractivity (Wildman–Crippen MR) is 139 cm³/mol. The molecule has 4 heteroatoms. The number of unbranched alkanes of at least 4 members (excludes halogenated alkanes) is 15. The number of rotatable bonds is 24. The van der Waals surface area contributed by atoms with Crippen molar-refractivity contribution in [2.24, 2.45) is 5.92 Å². The zero-order chi connectivity index (χ0) is 23.7. The first-order valence-electron chi connectivity index (χ1n) is 14.2. The minimum Gasteiger partial charge on any atom is -0.356 e. The van der Waals surface area contributed by atoms with E-state index in [1.54, 1.807) is 0 Å². The van der Waals surface area contributed by atoms with Crippen LogP contribution in [0.4, 0.5) is 0 Å². The van der Waals surface area contributed by atoms with Crippen LogP contribution in [-0.2, 0) is 9.59 Å². The summed E-state index contributed by atoms with van der Waals surface area (Å²) >= 11 is 0. The van der Waals surface area contributed by atoms with Gasteiger partial charge in [-0.1, -0.05) is 124 Å². The van der Waals surface area contributed by atoms with Gasteiger partial charge in [-0.3, -0.25) is 9.59 Å². The molecule has 0 aromatic heterocycles. The number of hydrogen-bond donors (Lipinski definition) is 2. The third kappa shape index (κ3) is 20.8. The van der Waals surface area contributed by atoms with Gasteiger partial charge < -0.3 is 10.6 Å². The molecule has 0 bridgehead atoms. The van der Waals surface area contributed by atoms with Crippen molar-refractivity contribution in [1.29, 1.82) is 0 Å². The number of carbonyl (C=O) groups is 2. The molecule has 0 rings (SSSR count). The van der Waals surface area contributed by atoms with E-state index < -0.39 is 0 Å². The molecule has 0 spiro atoms. The van der Waals surface area contributed by atoms with Gasteiger partial charge in [-0.15, -0.1) is 0 Å². The number of nitrogens with one attached hydrogen (secondary N) is 2. The Hall–Kier alpha value is -1.06. The fraction of sp³-hybridized carbons (Fsp3) is 0.929. The molecular formula is C28H56N2O2. The van der Waals surface area contributed by atoms with Crippen molar-refractivity contribution in [3.8, 4) is 0 Å². The van der Waals surface area contributed by atoms with E-state index in [-0.39, 0.29) is 17.7 Å². The highest BCUT2D eigenvalue weighted by molar-refractivity contribution is 5.85. The molecule has 0 aliphatic rings. The molecule has 0 aromatic carbocycles. The summed E-state index contributed by atoms with van der Waals surface area (Å²) in [5.41, 5.74) is 0. The third-order valence-corrected chi connectivity index (χ3v) is 6.39. The summed E-state index contributed by atoms with van der Waals surface area (Å²) in [7, 11) is 0. The molecule has 4 nitrogen and oxygen atoms in total. The highest BCUT2D eigenvalue weighted by Crippen LogP contribution is 2.17. The van der Waals surface area contributed by atoms with Crippen LogP contribution in [0.2, 0.25) is 0 Å². The molecule has 1 atom stereocenters. The number of hydrogen-bond acceptors (Lipinski definition) is 2. The summed E-state index contributed by atoms with van der Waals surface area (Å²) in [6.45, 7) is 8.13. The van der Waals surface area contributed by atoms with Crippen molar-refractivity contribution in [3.63, 3.8) is 0 Å². The summed E-state index contributed by atoms with van der Waals surface area (Å²) in [6, 6.07) is 0. The second-order valence-corrected chi connectivity index (χ2v) is 9.63. The van der Waals surface area contributed by atoms with Gasteiger partial charge in [-0.2, -0.15) is 0 Å². The molecule has 0 radical (unpaired) electrons. The Morgan fingerprint density at radius 2 is 0.938 bits per heavy atom. The molecule has 0 saturated heterocycles. The van der Waals surface area contributed by atoms with Crippen LogP contribution >= 0.6 is 0 Å². The maximum absolute atomic E-state index is 12.7. The number of carbonyl (C=O) groups excluding carboxylic acids is 2. The van der Waals surface area contributed by atoms with Crippen molar-refractivity contribution < 1.29 is 9.59 Å². The Morgan fingerprint density at radius 3 is 1.44 bits per heavy atom. The van der Waals surface area contributed by atoms with Gasteiger partial charge in [-0.25, -0.2) is 0 Å². The van der Waals surface area contributed by atoms with E-state index in [0.29, 0.717) is 6.42 Å². The maximum atomic E-state index is 12.7.